The van der Waals surface area contributed by atoms with Crippen LogP contribution in [0.3, 0.4) is 0 Å². The molecule has 0 aromatic carbocycles. The van der Waals surface area contributed by atoms with E-state index in [4.69, 9.17) is 5.26 Å². The van der Waals surface area contributed by atoms with E-state index < -0.39 is 0 Å². The predicted octanol–water partition coefficient (Wildman–Crippen LogP) is 2.36. The van der Waals surface area contributed by atoms with E-state index in [0.29, 0.717) is 11.3 Å². The molecule has 0 aliphatic heterocycles. The van der Waals surface area contributed by atoms with E-state index >= 15 is 0 Å². The Balaban J connectivity index is 2.14. The predicted molar refractivity (Wildman–Crippen MR) is 68.8 cm³/mol. The zero-order valence-corrected chi connectivity index (χ0v) is 10.7. The zero-order chi connectivity index (χ0) is 13.0. The van der Waals surface area contributed by atoms with Crippen molar-refractivity contribution in [2.24, 2.45) is 0 Å². The third kappa shape index (κ3) is 2.90. The van der Waals surface area contributed by atoms with Crippen molar-refractivity contribution in [1.29, 1.82) is 5.26 Å². The van der Waals surface area contributed by atoms with Gasteiger partial charge in [0.05, 0.1) is 17.4 Å². The van der Waals surface area contributed by atoms with Crippen molar-refractivity contribution < 1.29 is 4.79 Å². The Morgan fingerprint density at radius 1 is 1.33 bits per heavy atom. The molecule has 0 aliphatic rings. The van der Waals surface area contributed by atoms with E-state index in [1.165, 1.54) is 18.5 Å². The van der Waals surface area contributed by atoms with Crippen LogP contribution in [0, 0.1) is 11.3 Å². The van der Waals surface area contributed by atoms with E-state index in [0.717, 1.165) is 4.47 Å². The molecule has 0 unspecified atom stereocenters. The minimum Gasteiger partial charge on any atom is -0.319 e. The lowest BCUT2D eigenvalue weighted by molar-refractivity contribution is 0.102. The molecule has 0 saturated heterocycles. The molecule has 2 rings (SSSR count). The summed E-state index contributed by atoms with van der Waals surface area (Å²) in [4.78, 5) is 19.7. The Hall–Kier alpha value is -2.26. The van der Waals surface area contributed by atoms with Gasteiger partial charge in [0.1, 0.15) is 11.8 Å². The zero-order valence-electron chi connectivity index (χ0n) is 9.09. The number of carbonyl (C=O) groups is 1. The SMILES string of the molecule is N#Cc1ccc(C(=O)Nc2cncc(Br)c2)nc1. The molecule has 2 aromatic heterocycles. The maximum atomic E-state index is 11.8. The Morgan fingerprint density at radius 3 is 2.78 bits per heavy atom. The van der Waals surface area contributed by atoms with Crippen LogP contribution in [0.4, 0.5) is 5.69 Å². The number of pyridine rings is 2. The van der Waals surface area contributed by atoms with Gasteiger partial charge in [-0.3, -0.25) is 9.78 Å². The van der Waals surface area contributed by atoms with Gasteiger partial charge in [0.25, 0.3) is 5.91 Å². The Bertz CT molecular complexity index is 619. The second kappa shape index (κ2) is 5.38. The van der Waals surface area contributed by atoms with Crippen molar-refractivity contribution in [1.82, 2.24) is 9.97 Å². The standard InChI is InChI=1S/C12H7BrN4O/c13-9-3-10(7-15-6-9)17-12(18)11-2-1-8(4-14)5-16-11/h1-3,5-7H,(H,17,18). The van der Waals surface area contributed by atoms with Crippen molar-refractivity contribution in [3.63, 3.8) is 0 Å². The number of anilines is 1. The summed E-state index contributed by atoms with van der Waals surface area (Å²) >= 11 is 3.26. The molecule has 0 spiro atoms. The molecule has 1 amide bonds. The highest BCUT2D eigenvalue weighted by Gasteiger charge is 2.07. The average molecular weight is 303 g/mol. The average Bonchev–Trinajstić information content (AvgIpc) is 2.39. The lowest BCUT2D eigenvalue weighted by Crippen LogP contribution is -2.13. The molecule has 0 fully saturated rings. The molecule has 1 N–H and O–H groups in total. The maximum Gasteiger partial charge on any atom is 0.274 e. The van der Waals surface area contributed by atoms with E-state index in [-0.39, 0.29) is 11.6 Å². The maximum absolute atomic E-state index is 11.8. The summed E-state index contributed by atoms with van der Waals surface area (Å²) in [5.41, 5.74) is 1.23. The van der Waals surface area contributed by atoms with Gasteiger partial charge in [0.15, 0.2) is 0 Å². The lowest BCUT2D eigenvalue weighted by Gasteiger charge is -2.04. The van der Waals surface area contributed by atoms with Crippen LogP contribution in [0.1, 0.15) is 16.1 Å². The van der Waals surface area contributed by atoms with E-state index in [1.54, 1.807) is 18.3 Å². The first kappa shape index (κ1) is 12.2. The summed E-state index contributed by atoms with van der Waals surface area (Å²) < 4.78 is 0.771. The van der Waals surface area contributed by atoms with Gasteiger partial charge in [-0.05, 0) is 34.1 Å². The molecule has 0 saturated carbocycles. The molecular formula is C12H7BrN4O. The third-order valence-electron chi connectivity index (χ3n) is 2.09. The Labute approximate surface area is 112 Å². The minimum atomic E-state index is -0.348. The van der Waals surface area contributed by atoms with Crippen LogP contribution in [0.15, 0.2) is 41.3 Å². The number of nitrogens with one attached hydrogen (secondary N) is 1. The molecule has 18 heavy (non-hydrogen) atoms. The fraction of sp³-hybridized carbons (Fsp3) is 0. The number of halogens is 1. The monoisotopic (exact) mass is 302 g/mol. The number of nitrogens with zero attached hydrogens (tertiary/aromatic N) is 3. The summed E-state index contributed by atoms with van der Waals surface area (Å²) in [5.74, 6) is -0.348. The van der Waals surface area contributed by atoms with Crippen molar-refractivity contribution in [3.8, 4) is 6.07 Å². The molecule has 6 heteroatoms. The highest BCUT2D eigenvalue weighted by atomic mass is 79.9. The van der Waals surface area contributed by atoms with Crippen LogP contribution in [0.2, 0.25) is 0 Å². The van der Waals surface area contributed by atoms with E-state index in [2.05, 4.69) is 31.2 Å². The molecule has 2 heterocycles. The van der Waals surface area contributed by atoms with Crippen molar-refractivity contribution in [2.45, 2.75) is 0 Å². The molecule has 0 aliphatic carbocycles. The Kier molecular flexibility index (Phi) is 3.65. The largest absolute Gasteiger partial charge is 0.319 e. The van der Waals surface area contributed by atoms with E-state index in [9.17, 15) is 4.79 Å². The summed E-state index contributed by atoms with van der Waals surface area (Å²) in [6.45, 7) is 0. The molecule has 5 nitrogen and oxygen atoms in total. The highest BCUT2D eigenvalue weighted by molar-refractivity contribution is 9.10. The number of carbonyl (C=O) groups excluding carboxylic acids is 1. The van der Waals surface area contributed by atoms with Gasteiger partial charge in [0, 0.05) is 16.9 Å². The van der Waals surface area contributed by atoms with Crippen LogP contribution >= 0.6 is 15.9 Å². The number of amides is 1. The number of hydrogen-bond donors (Lipinski definition) is 1. The fourth-order valence-electron chi connectivity index (χ4n) is 1.27. The summed E-state index contributed by atoms with van der Waals surface area (Å²) in [7, 11) is 0. The van der Waals surface area contributed by atoms with Gasteiger partial charge >= 0.3 is 0 Å². The van der Waals surface area contributed by atoms with Crippen molar-refractivity contribution in [2.75, 3.05) is 5.32 Å². The van der Waals surface area contributed by atoms with Crippen molar-refractivity contribution in [3.05, 3.63) is 52.5 Å². The van der Waals surface area contributed by atoms with Gasteiger partial charge in [-0.15, -0.1) is 0 Å². The first-order chi connectivity index (χ1) is 8.69. The van der Waals surface area contributed by atoms with Gasteiger partial charge in [0.2, 0.25) is 0 Å². The van der Waals surface area contributed by atoms with Gasteiger partial charge < -0.3 is 5.32 Å². The van der Waals surface area contributed by atoms with Gasteiger partial charge in [-0.2, -0.15) is 5.26 Å². The smallest absolute Gasteiger partial charge is 0.274 e. The third-order valence-corrected chi connectivity index (χ3v) is 2.52. The molecular weight excluding hydrogens is 296 g/mol. The number of hydrogen-bond acceptors (Lipinski definition) is 4. The number of nitriles is 1. The second-order valence-electron chi connectivity index (χ2n) is 3.39. The number of aromatic nitrogens is 2. The normalized spacial score (nSPS) is 9.56. The van der Waals surface area contributed by atoms with Crippen LogP contribution in [0.5, 0.6) is 0 Å². The summed E-state index contributed by atoms with van der Waals surface area (Å²) in [6.07, 6.45) is 4.51. The quantitative estimate of drug-likeness (QED) is 0.923. The fourth-order valence-corrected chi connectivity index (χ4v) is 1.63. The minimum absolute atomic E-state index is 0.244. The lowest BCUT2D eigenvalue weighted by atomic mass is 10.2. The molecule has 0 radical (unpaired) electrons. The Morgan fingerprint density at radius 2 is 2.17 bits per heavy atom. The molecule has 0 atom stereocenters. The first-order valence-corrected chi connectivity index (χ1v) is 5.76. The highest BCUT2D eigenvalue weighted by Crippen LogP contribution is 2.14. The number of rotatable bonds is 2. The first-order valence-electron chi connectivity index (χ1n) is 4.97. The van der Waals surface area contributed by atoms with Crippen LogP contribution < -0.4 is 5.32 Å². The second-order valence-corrected chi connectivity index (χ2v) is 4.31. The van der Waals surface area contributed by atoms with Crippen molar-refractivity contribution >= 4 is 27.5 Å². The van der Waals surface area contributed by atoms with Crippen LogP contribution in [-0.2, 0) is 0 Å². The summed E-state index contributed by atoms with van der Waals surface area (Å²) in [6, 6.07) is 6.71. The molecule has 2 aromatic rings. The molecule has 88 valence electrons. The van der Waals surface area contributed by atoms with Gasteiger partial charge in [-0.25, -0.2) is 4.98 Å². The van der Waals surface area contributed by atoms with E-state index in [1.807, 2.05) is 6.07 Å². The summed E-state index contributed by atoms with van der Waals surface area (Å²) in [5, 5.41) is 11.3. The molecule has 0 bridgehead atoms. The topological polar surface area (TPSA) is 78.7 Å². The van der Waals surface area contributed by atoms with Crippen LogP contribution in [-0.4, -0.2) is 15.9 Å². The van der Waals surface area contributed by atoms with Gasteiger partial charge in [-0.1, -0.05) is 0 Å². The van der Waals surface area contributed by atoms with Crippen LogP contribution in [0.25, 0.3) is 0 Å².